The number of nitrogens with zero attached hydrogens (tertiary/aromatic N) is 1. The zero-order chi connectivity index (χ0) is 18.8. The second-order valence-corrected chi connectivity index (χ2v) is 7.92. The van der Waals surface area contributed by atoms with E-state index in [4.69, 9.17) is 14.5 Å². The molecule has 140 valence electrons. The average Bonchev–Trinajstić information content (AvgIpc) is 3.32. The molecule has 2 aromatic carbocycles. The summed E-state index contributed by atoms with van der Waals surface area (Å²) in [5.41, 5.74) is 1.99. The standard InChI is InChI=1S/C21H22N2O3S/c1-13-18(17-9-5-7-14-6-3-4-8-16(14)17)22-21(27-13)23-20(24)19(25-2)15-10-11-26-12-15/h3-9,15,19H,10-12H2,1-2H3,(H,22,23,24). The zero-order valence-corrected chi connectivity index (χ0v) is 16.2. The minimum absolute atomic E-state index is 0.0913. The van der Waals surface area contributed by atoms with Gasteiger partial charge >= 0.3 is 0 Å². The Balaban J connectivity index is 1.60. The second-order valence-electron chi connectivity index (χ2n) is 6.72. The summed E-state index contributed by atoms with van der Waals surface area (Å²) in [6.07, 6.45) is 0.321. The molecular formula is C21H22N2O3S. The number of aromatic nitrogens is 1. The molecule has 0 radical (unpaired) electrons. The number of benzene rings is 2. The molecule has 1 aliphatic heterocycles. The highest BCUT2D eigenvalue weighted by molar-refractivity contribution is 7.16. The van der Waals surface area contributed by atoms with Crippen molar-refractivity contribution in [2.75, 3.05) is 25.6 Å². The molecule has 1 fully saturated rings. The molecule has 1 amide bonds. The lowest BCUT2D eigenvalue weighted by Gasteiger charge is -2.19. The van der Waals surface area contributed by atoms with E-state index in [2.05, 4.69) is 29.6 Å². The highest BCUT2D eigenvalue weighted by atomic mass is 32.1. The number of nitrogens with one attached hydrogen (secondary N) is 1. The molecule has 5 nitrogen and oxygen atoms in total. The Kier molecular flexibility index (Phi) is 5.20. The molecule has 27 heavy (non-hydrogen) atoms. The van der Waals surface area contributed by atoms with Crippen LogP contribution in [0.15, 0.2) is 42.5 Å². The molecule has 2 atom stereocenters. The van der Waals surface area contributed by atoms with Crippen molar-refractivity contribution in [2.24, 2.45) is 5.92 Å². The van der Waals surface area contributed by atoms with Gasteiger partial charge in [-0.2, -0.15) is 0 Å². The number of ether oxygens (including phenoxy) is 2. The minimum Gasteiger partial charge on any atom is -0.381 e. The summed E-state index contributed by atoms with van der Waals surface area (Å²) in [6, 6.07) is 14.5. The third kappa shape index (κ3) is 3.60. The Morgan fingerprint density at radius 2 is 2.11 bits per heavy atom. The molecule has 6 heteroatoms. The van der Waals surface area contributed by atoms with Crippen molar-refractivity contribution in [3.63, 3.8) is 0 Å². The van der Waals surface area contributed by atoms with Crippen LogP contribution in [0.1, 0.15) is 11.3 Å². The summed E-state index contributed by atoms with van der Waals surface area (Å²) < 4.78 is 10.8. The highest BCUT2D eigenvalue weighted by Gasteiger charge is 2.32. The summed E-state index contributed by atoms with van der Waals surface area (Å²) in [5, 5.41) is 5.87. The topological polar surface area (TPSA) is 60.5 Å². The molecule has 3 aromatic rings. The molecular weight excluding hydrogens is 360 g/mol. The van der Waals surface area contributed by atoms with Crippen LogP contribution in [0.2, 0.25) is 0 Å². The van der Waals surface area contributed by atoms with Crippen LogP contribution in [0.25, 0.3) is 22.0 Å². The van der Waals surface area contributed by atoms with Crippen molar-refractivity contribution in [3.05, 3.63) is 47.3 Å². The van der Waals surface area contributed by atoms with Gasteiger partial charge in [0.2, 0.25) is 0 Å². The molecule has 0 aliphatic carbocycles. The summed E-state index contributed by atoms with van der Waals surface area (Å²) in [4.78, 5) is 18.5. The first-order valence-corrected chi connectivity index (χ1v) is 9.86. The van der Waals surface area contributed by atoms with Crippen LogP contribution in [-0.2, 0) is 14.3 Å². The molecule has 4 rings (SSSR count). The number of rotatable bonds is 5. The molecule has 1 aromatic heterocycles. The molecule has 0 saturated carbocycles. The van der Waals surface area contributed by atoms with Gasteiger partial charge in [-0.25, -0.2) is 4.98 Å². The maximum atomic E-state index is 12.7. The van der Waals surface area contributed by atoms with Gasteiger partial charge in [-0.3, -0.25) is 10.1 Å². The van der Waals surface area contributed by atoms with Crippen molar-refractivity contribution >= 4 is 33.1 Å². The van der Waals surface area contributed by atoms with Gasteiger partial charge < -0.3 is 9.47 Å². The second kappa shape index (κ2) is 7.76. The maximum absolute atomic E-state index is 12.7. The number of amides is 1. The summed E-state index contributed by atoms with van der Waals surface area (Å²) in [7, 11) is 1.57. The lowest BCUT2D eigenvalue weighted by atomic mass is 10.0. The number of thiazole rings is 1. The van der Waals surface area contributed by atoms with E-state index in [0.717, 1.165) is 27.9 Å². The summed E-state index contributed by atoms with van der Waals surface area (Å²) >= 11 is 1.49. The first kappa shape index (κ1) is 18.1. The van der Waals surface area contributed by atoms with E-state index in [1.165, 1.54) is 16.7 Å². The fourth-order valence-corrected chi connectivity index (χ4v) is 4.44. The number of aryl methyl sites for hydroxylation is 1. The van der Waals surface area contributed by atoms with Crippen molar-refractivity contribution in [3.8, 4) is 11.3 Å². The van der Waals surface area contributed by atoms with Crippen LogP contribution in [-0.4, -0.2) is 37.3 Å². The third-order valence-electron chi connectivity index (χ3n) is 4.98. The number of fused-ring (bicyclic) bond motifs is 1. The Morgan fingerprint density at radius 3 is 2.89 bits per heavy atom. The number of anilines is 1. The predicted molar refractivity (Wildman–Crippen MR) is 108 cm³/mol. The van der Waals surface area contributed by atoms with Crippen LogP contribution < -0.4 is 5.32 Å². The Hall–Kier alpha value is -2.28. The fourth-order valence-electron chi connectivity index (χ4n) is 3.61. The third-order valence-corrected chi connectivity index (χ3v) is 5.86. The molecule has 0 bridgehead atoms. The molecule has 2 unspecified atom stereocenters. The molecule has 1 N–H and O–H groups in total. The van der Waals surface area contributed by atoms with Gasteiger partial charge in [-0.05, 0) is 24.1 Å². The van der Waals surface area contributed by atoms with Crippen molar-refractivity contribution in [1.29, 1.82) is 0 Å². The van der Waals surface area contributed by atoms with E-state index in [-0.39, 0.29) is 11.8 Å². The Bertz CT molecular complexity index is 958. The first-order valence-electron chi connectivity index (χ1n) is 9.04. The van der Waals surface area contributed by atoms with Crippen molar-refractivity contribution in [2.45, 2.75) is 19.4 Å². The van der Waals surface area contributed by atoms with E-state index >= 15 is 0 Å². The normalized spacial score (nSPS) is 17.9. The number of hydrogen-bond acceptors (Lipinski definition) is 5. The molecule has 1 aliphatic rings. The van der Waals surface area contributed by atoms with Gasteiger partial charge in [0.25, 0.3) is 5.91 Å². The smallest absolute Gasteiger partial charge is 0.255 e. The van der Waals surface area contributed by atoms with E-state index in [1.807, 2.05) is 25.1 Å². The van der Waals surface area contributed by atoms with Crippen LogP contribution in [0.5, 0.6) is 0 Å². The SMILES string of the molecule is COC(C(=O)Nc1nc(-c2cccc3ccccc23)c(C)s1)C1CCOC1. The van der Waals surface area contributed by atoms with E-state index in [0.29, 0.717) is 18.3 Å². The van der Waals surface area contributed by atoms with Crippen LogP contribution in [0.3, 0.4) is 0 Å². The van der Waals surface area contributed by atoms with Crippen LogP contribution >= 0.6 is 11.3 Å². The van der Waals surface area contributed by atoms with E-state index < -0.39 is 6.10 Å². The lowest BCUT2D eigenvalue weighted by Crippen LogP contribution is -2.36. The molecule has 2 heterocycles. The fraction of sp³-hybridized carbons (Fsp3) is 0.333. The first-order chi connectivity index (χ1) is 13.2. The van der Waals surface area contributed by atoms with Gasteiger partial charge in [0.05, 0.1) is 12.3 Å². The number of methoxy groups -OCH3 is 1. The largest absolute Gasteiger partial charge is 0.381 e. The lowest BCUT2D eigenvalue weighted by molar-refractivity contribution is -0.128. The van der Waals surface area contributed by atoms with Gasteiger partial charge in [0.15, 0.2) is 5.13 Å². The van der Waals surface area contributed by atoms with Gasteiger partial charge in [0, 0.05) is 30.1 Å². The predicted octanol–water partition coefficient (Wildman–Crippen LogP) is 4.26. The highest BCUT2D eigenvalue weighted by Crippen LogP contribution is 2.35. The maximum Gasteiger partial charge on any atom is 0.255 e. The van der Waals surface area contributed by atoms with Gasteiger partial charge in [0.1, 0.15) is 6.10 Å². The van der Waals surface area contributed by atoms with Gasteiger partial charge in [-0.15, -0.1) is 11.3 Å². The number of carbonyl (C=O) groups is 1. The number of carbonyl (C=O) groups excluding carboxylic acids is 1. The van der Waals surface area contributed by atoms with E-state index in [9.17, 15) is 4.79 Å². The zero-order valence-electron chi connectivity index (χ0n) is 15.4. The Labute approximate surface area is 162 Å². The molecule has 1 saturated heterocycles. The monoisotopic (exact) mass is 382 g/mol. The van der Waals surface area contributed by atoms with Crippen LogP contribution in [0.4, 0.5) is 5.13 Å². The van der Waals surface area contributed by atoms with Gasteiger partial charge in [-0.1, -0.05) is 42.5 Å². The molecule has 0 spiro atoms. The quantitative estimate of drug-likeness (QED) is 0.716. The average molecular weight is 382 g/mol. The number of hydrogen-bond donors (Lipinski definition) is 1. The van der Waals surface area contributed by atoms with Crippen molar-refractivity contribution < 1.29 is 14.3 Å². The summed E-state index contributed by atoms with van der Waals surface area (Å²) in [6.45, 7) is 3.27. The van der Waals surface area contributed by atoms with Crippen molar-refractivity contribution in [1.82, 2.24) is 4.98 Å². The van der Waals surface area contributed by atoms with E-state index in [1.54, 1.807) is 7.11 Å². The Morgan fingerprint density at radius 1 is 1.30 bits per heavy atom. The summed E-state index contributed by atoms with van der Waals surface area (Å²) in [5.74, 6) is -0.0696. The minimum atomic E-state index is -0.516. The van der Waals surface area contributed by atoms with Crippen LogP contribution in [0, 0.1) is 12.8 Å².